The van der Waals surface area contributed by atoms with Crippen molar-refractivity contribution in [3.63, 3.8) is 0 Å². The minimum atomic E-state index is -1.22. The molecule has 0 aliphatic rings. The largest absolute Gasteiger partial charge is 0.511 e. The van der Waals surface area contributed by atoms with Gasteiger partial charge in [-0.15, -0.1) is 0 Å². The molecule has 4 heteroatoms. The highest BCUT2D eigenvalue weighted by Gasteiger charge is 2.06. The average molecular weight is 192 g/mol. The Morgan fingerprint density at radius 2 is 1.90 bits per heavy atom. The molecule has 0 fully saturated rings. The third-order valence-electron chi connectivity index (χ3n) is 0.920. The number of rotatable bonds is 2. The van der Waals surface area contributed by atoms with Crippen molar-refractivity contribution in [1.82, 2.24) is 0 Å². The standard InChI is InChI=1S/C6H5ClOPS/c7-9(10)8-6-4-2-1-3-5-6/h1-5H/q+1. The van der Waals surface area contributed by atoms with Crippen LogP contribution >= 0.6 is 17.5 Å². The monoisotopic (exact) mass is 191 g/mol. The fourth-order valence-electron chi connectivity index (χ4n) is 0.564. The second-order valence-electron chi connectivity index (χ2n) is 1.62. The van der Waals surface area contributed by atoms with E-state index < -0.39 is 6.28 Å². The number of halogens is 1. The molecule has 0 aromatic heterocycles. The van der Waals surface area contributed by atoms with E-state index in [0.29, 0.717) is 0 Å². The van der Waals surface area contributed by atoms with Crippen molar-refractivity contribution in [1.29, 1.82) is 0 Å². The van der Waals surface area contributed by atoms with E-state index in [1.165, 1.54) is 0 Å². The predicted molar refractivity (Wildman–Crippen MR) is 47.2 cm³/mol. The highest BCUT2D eigenvalue weighted by molar-refractivity contribution is 8.15. The van der Waals surface area contributed by atoms with Crippen LogP contribution in [0.5, 0.6) is 5.75 Å². The fraction of sp³-hybridized carbons (Fsp3) is 0. The number of benzene rings is 1. The van der Waals surface area contributed by atoms with Gasteiger partial charge in [-0.05, 0) is 12.1 Å². The van der Waals surface area contributed by atoms with Crippen molar-refractivity contribution in [3.8, 4) is 5.75 Å². The van der Waals surface area contributed by atoms with Crippen molar-refractivity contribution in [2.24, 2.45) is 0 Å². The second-order valence-corrected chi connectivity index (χ2v) is 4.74. The van der Waals surface area contributed by atoms with Gasteiger partial charge < -0.3 is 0 Å². The van der Waals surface area contributed by atoms with Gasteiger partial charge in [-0.1, -0.05) is 18.2 Å². The van der Waals surface area contributed by atoms with Gasteiger partial charge in [0.05, 0.1) is 0 Å². The Balaban J connectivity index is 2.67. The van der Waals surface area contributed by atoms with E-state index in [1.54, 1.807) is 0 Å². The van der Waals surface area contributed by atoms with Crippen LogP contribution in [-0.4, -0.2) is 0 Å². The molecule has 0 heterocycles. The molecule has 1 nitrogen and oxygen atoms in total. The Morgan fingerprint density at radius 1 is 1.30 bits per heavy atom. The van der Waals surface area contributed by atoms with Crippen LogP contribution in [0.1, 0.15) is 0 Å². The summed E-state index contributed by atoms with van der Waals surface area (Å²) in [5, 5.41) is 0. The van der Waals surface area contributed by atoms with Crippen LogP contribution in [0.2, 0.25) is 0 Å². The van der Waals surface area contributed by atoms with Crippen molar-refractivity contribution in [2.75, 3.05) is 0 Å². The van der Waals surface area contributed by atoms with Crippen LogP contribution in [0, 0.1) is 0 Å². The molecule has 1 aromatic rings. The SMILES string of the molecule is S=[P+](Cl)Oc1ccccc1. The number of hydrogen-bond acceptors (Lipinski definition) is 2. The molecule has 1 aromatic carbocycles. The molecule has 0 N–H and O–H groups in total. The van der Waals surface area contributed by atoms with Gasteiger partial charge in [0.25, 0.3) is 0 Å². The minimum Gasteiger partial charge on any atom is -0.261 e. The highest BCUT2D eigenvalue weighted by Crippen LogP contribution is 2.30. The van der Waals surface area contributed by atoms with Gasteiger partial charge in [0.1, 0.15) is 0 Å². The summed E-state index contributed by atoms with van der Waals surface area (Å²) in [6.07, 6.45) is -1.22. The summed E-state index contributed by atoms with van der Waals surface area (Å²) < 4.78 is 5.06. The van der Waals surface area contributed by atoms with Gasteiger partial charge in [0.2, 0.25) is 23.0 Å². The molecule has 0 saturated carbocycles. The van der Waals surface area contributed by atoms with Gasteiger partial charge in [-0.2, -0.15) is 0 Å². The molecule has 1 rings (SSSR count). The van der Waals surface area contributed by atoms with E-state index in [1.807, 2.05) is 30.3 Å². The Kier molecular flexibility index (Phi) is 3.07. The lowest BCUT2D eigenvalue weighted by molar-refractivity contribution is 0.640. The summed E-state index contributed by atoms with van der Waals surface area (Å²) in [5.41, 5.74) is 0. The first-order valence-electron chi connectivity index (χ1n) is 2.65. The molecule has 0 radical (unpaired) electrons. The Bertz CT molecular complexity index is 226. The zero-order valence-electron chi connectivity index (χ0n) is 5.03. The van der Waals surface area contributed by atoms with E-state index in [-0.39, 0.29) is 0 Å². The highest BCUT2D eigenvalue weighted by atomic mass is 35.7. The predicted octanol–water partition coefficient (Wildman–Crippen LogP) is 3.08. The molecule has 0 saturated heterocycles. The van der Waals surface area contributed by atoms with Crippen LogP contribution in [-0.2, 0) is 11.8 Å². The summed E-state index contributed by atoms with van der Waals surface area (Å²) >= 11 is 10.1. The van der Waals surface area contributed by atoms with Gasteiger partial charge in [-0.3, -0.25) is 4.52 Å². The molecular weight excluding hydrogens is 187 g/mol. The summed E-state index contributed by atoms with van der Waals surface area (Å²) in [7, 11) is 0. The Labute approximate surface area is 70.3 Å². The first kappa shape index (κ1) is 7.93. The van der Waals surface area contributed by atoms with Crippen LogP contribution in [0.4, 0.5) is 0 Å². The molecule has 1 atom stereocenters. The van der Waals surface area contributed by atoms with Crippen LogP contribution in [0.25, 0.3) is 0 Å². The van der Waals surface area contributed by atoms with E-state index in [9.17, 15) is 0 Å². The third kappa shape index (κ3) is 2.61. The Morgan fingerprint density at radius 3 is 2.40 bits per heavy atom. The smallest absolute Gasteiger partial charge is 0.261 e. The molecule has 0 amide bonds. The van der Waals surface area contributed by atoms with Crippen LogP contribution in [0.3, 0.4) is 0 Å². The van der Waals surface area contributed by atoms with Gasteiger partial charge >= 0.3 is 6.28 Å². The van der Waals surface area contributed by atoms with E-state index in [0.717, 1.165) is 5.75 Å². The zero-order chi connectivity index (χ0) is 7.40. The first-order valence-corrected chi connectivity index (χ1v) is 5.83. The molecule has 1 unspecified atom stereocenters. The number of hydrogen-bond donors (Lipinski definition) is 0. The van der Waals surface area contributed by atoms with Crippen molar-refractivity contribution >= 4 is 29.3 Å². The lowest BCUT2D eigenvalue weighted by Crippen LogP contribution is -1.73. The lowest BCUT2D eigenvalue weighted by Gasteiger charge is -1.87. The van der Waals surface area contributed by atoms with E-state index >= 15 is 0 Å². The second kappa shape index (κ2) is 3.87. The summed E-state index contributed by atoms with van der Waals surface area (Å²) in [6, 6.07) is 9.31. The van der Waals surface area contributed by atoms with E-state index in [2.05, 4.69) is 11.8 Å². The van der Waals surface area contributed by atoms with E-state index in [4.69, 9.17) is 15.8 Å². The van der Waals surface area contributed by atoms with Crippen molar-refractivity contribution < 1.29 is 4.52 Å². The summed E-state index contributed by atoms with van der Waals surface area (Å²) in [5.74, 6) is 0.735. The van der Waals surface area contributed by atoms with Gasteiger partial charge in [0.15, 0.2) is 5.75 Å². The maximum atomic E-state index is 5.47. The van der Waals surface area contributed by atoms with Crippen molar-refractivity contribution in [3.05, 3.63) is 30.3 Å². The van der Waals surface area contributed by atoms with Crippen molar-refractivity contribution in [2.45, 2.75) is 0 Å². The van der Waals surface area contributed by atoms with Crippen LogP contribution in [0.15, 0.2) is 30.3 Å². The quantitative estimate of drug-likeness (QED) is 0.665. The fourth-order valence-corrected chi connectivity index (χ4v) is 1.35. The normalized spacial score (nSPS) is 10.7. The molecule has 0 bridgehead atoms. The number of para-hydroxylation sites is 1. The van der Waals surface area contributed by atoms with Gasteiger partial charge in [0, 0.05) is 0 Å². The van der Waals surface area contributed by atoms with Gasteiger partial charge in [-0.25, -0.2) is 0 Å². The average Bonchev–Trinajstić information content (AvgIpc) is 1.88. The maximum absolute atomic E-state index is 5.47. The third-order valence-corrected chi connectivity index (χ3v) is 1.71. The first-order chi connectivity index (χ1) is 4.79. The molecule has 0 aliphatic carbocycles. The van der Waals surface area contributed by atoms with Crippen LogP contribution < -0.4 is 4.52 Å². The summed E-state index contributed by atoms with van der Waals surface area (Å²) in [6.45, 7) is 0. The molecule has 0 spiro atoms. The Hall–Kier alpha value is -0.170. The lowest BCUT2D eigenvalue weighted by atomic mass is 10.3. The zero-order valence-corrected chi connectivity index (χ0v) is 7.50. The molecule has 52 valence electrons. The summed E-state index contributed by atoms with van der Waals surface area (Å²) in [4.78, 5) is 0. The topological polar surface area (TPSA) is 9.23 Å². The molecule has 0 aliphatic heterocycles. The molecule has 10 heavy (non-hydrogen) atoms. The molecular formula is C6H5ClOPS+. The minimum absolute atomic E-state index is 0.735. The maximum Gasteiger partial charge on any atom is 0.511 e.